The number of alkyl halides is 6. The number of thiazole rings is 1. The average Bonchev–Trinajstić information content (AvgIpc) is 3.30. The molecular weight excluding hydrogens is 498 g/mol. The lowest BCUT2D eigenvalue weighted by molar-refractivity contribution is -0.139. The van der Waals surface area contributed by atoms with E-state index < -0.39 is 29.5 Å². The molecule has 0 aliphatic rings. The maximum atomic E-state index is 13.6. The quantitative estimate of drug-likeness (QED) is 0.250. The highest BCUT2D eigenvalue weighted by Crippen LogP contribution is 2.40. The standard InChI is InChI=1S/C23H22F6N2O3S/c24-22(25,26)15-4-3-5-16(11-15)33-8-1-2-9-34-19-7-6-14(10-17(19)23(27,28)29)20-12-31-21(35-20)18(30)13-32/h3-7,10-12,18,32H,1-2,8-9,13,30H2. The second-order valence-corrected chi connectivity index (χ2v) is 8.55. The second kappa shape index (κ2) is 11.3. The molecule has 0 amide bonds. The van der Waals surface area contributed by atoms with E-state index in [1.165, 1.54) is 30.5 Å². The molecule has 0 spiro atoms. The summed E-state index contributed by atoms with van der Waals surface area (Å²) in [7, 11) is 0. The Morgan fingerprint density at radius 2 is 1.66 bits per heavy atom. The molecule has 1 heterocycles. The number of hydrogen-bond acceptors (Lipinski definition) is 6. The normalized spacial score (nSPS) is 13.0. The van der Waals surface area contributed by atoms with Crippen molar-refractivity contribution < 1.29 is 40.9 Å². The fourth-order valence-corrected chi connectivity index (χ4v) is 3.95. The van der Waals surface area contributed by atoms with Crippen LogP contribution in [0, 0.1) is 0 Å². The minimum Gasteiger partial charge on any atom is -0.494 e. The van der Waals surface area contributed by atoms with Gasteiger partial charge in [0.15, 0.2) is 0 Å². The highest BCUT2D eigenvalue weighted by molar-refractivity contribution is 7.15. The van der Waals surface area contributed by atoms with E-state index in [0.29, 0.717) is 22.7 Å². The van der Waals surface area contributed by atoms with Crippen LogP contribution < -0.4 is 15.2 Å². The van der Waals surface area contributed by atoms with Gasteiger partial charge in [-0.2, -0.15) is 26.3 Å². The van der Waals surface area contributed by atoms with Crippen molar-refractivity contribution in [2.45, 2.75) is 31.2 Å². The number of ether oxygens (including phenoxy) is 2. The minimum atomic E-state index is -4.66. The van der Waals surface area contributed by atoms with Crippen molar-refractivity contribution in [1.29, 1.82) is 0 Å². The van der Waals surface area contributed by atoms with Crippen LogP contribution in [0.5, 0.6) is 11.5 Å². The predicted octanol–water partition coefficient (Wildman–Crippen LogP) is 6.08. The largest absolute Gasteiger partial charge is 0.494 e. The van der Waals surface area contributed by atoms with Gasteiger partial charge in [-0.3, -0.25) is 0 Å². The summed E-state index contributed by atoms with van der Waals surface area (Å²) in [5.74, 6) is -0.279. The van der Waals surface area contributed by atoms with Crippen LogP contribution in [0.4, 0.5) is 26.3 Å². The number of hydrogen-bond donors (Lipinski definition) is 2. The van der Waals surface area contributed by atoms with Gasteiger partial charge in [-0.25, -0.2) is 4.98 Å². The van der Waals surface area contributed by atoms with Gasteiger partial charge in [0, 0.05) is 6.20 Å². The Kier molecular flexibility index (Phi) is 8.62. The molecule has 3 aromatic rings. The molecule has 1 atom stereocenters. The molecule has 190 valence electrons. The van der Waals surface area contributed by atoms with Crippen LogP contribution in [0.25, 0.3) is 10.4 Å². The molecule has 3 N–H and O–H groups in total. The summed E-state index contributed by atoms with van der Waals surface area (Å²) in [5.41, 5.74) is 4.21. The second-order valence-electron chi connectivity index (χ2n) is 7.49. The van der Waals surface area contributed by atoms with Gasteiger partial charge in [0.2, 0.25) is 0 Å². The molecule has 0 fully saturated rings. The number of halogens is 6. The summed E-state index contributed by atoms with van der Waals surface area (Å²) >= 11 is 1.09. The smallest absolute Gasteiger partial charge is 0.419 e. The Morgan fingerprint density at radius 3 is 2.31 bits per heavy atom. The molecule has 12 heteroatoms. The molecule has 3 rings (SSSR count). The fourth-order valence-electron chi connectivity index (χ4n) is 3.04. The maximum Gasteiger partial charge on any atom is 0.419 e. The van der Waals surface area contributed by atoms with Crippen molar-refractivity contribution in [3.8, 4) is 21.9 Å². The van der Waals surface area contributed by atoms with Gasteiger partial charge in [0.1, 0.15) is 16.5 Å². The van der Waals surface area contributed by atoms with Crippen molar-refractivity contribution in [1.82, 2.24) is 4.98 Å². The molecule has 2 aromatic carbocycles. The van der Waals surface area contributed by atoms with Gasteiger partial charge in [0.25, 0.3) is 0 Å². The number of unbranched alkanes of at least 4 members (excludes halogenated alkanes) is 1. The topological polar surface area (TPSA) is 77.6 Å². The molecule has 35 heavy (non-hydrogen) atoms. The zero-order valence-electron chi connectivity index (χ0n) is 18.2. The van der Waals surface area contributed by atoms with Crippen molar-refractivity contribution in [3.05, 3.63) is 64.8 Å². The van der Waals surface area contributed by atoms with E-state index in [2.05, 4.69) is 4.98 Å². The third-order valence-corrected chi connectivity index (χ3v) is 6.01. The molecule has 0 aliphatic heterocycles. The molecule has 0 aliphatic carbocycles. The van der Waals surface area contributed by atoms with Gasteiger partial charge < -0.3 is 20.3 Å². The van der Waals surface area contributed by atoms with E-state index in [1.807, 2.05) is 0 Å². The van der Waals surface area contributed by atoms with Crippen LogP contribution in [0.15, 0.2) is 48.7 Å². The average molecular weight is 520 g/mol. The zero-order chi connectivity index (χ0) is 25.6. The van der Waals surface area contributed by atoms with E-state index in [9.17, 15) is 26.3 Å². The first-order valence-corrected chi connectivity index (χ1v) is 11.3. The predicted molar refractivity (Wildman–Crippen MR) is 118 cm³/mol. The number of benzene rings is 2. The van der Waals surface area contributed by atoms with Crippen LogP contribution in [0.3, 0.4) is 0 Å². The summed E-state index contributed by atoms with van der Waals surface area (Å²) in [4.78, 5) is 4.51. The Balaban J connectivity index is 1.57. The Morgan fingerprint density at radius 1 is 0.943 bits per heavy atom. The summed E-state index contributed by atoms with van der Waals surface area (Å²) in [6, 6.07) is 7.40. The fraction of sp³-hybridized carbons (Fsp3) is 0.348. The first kappa shape index (κ1) is 26.8. The van der Waals surface area contributed by atoms with Crippen LogP contribution >= 0.6 is 11.3 Å². The summed E-state index contributed by atoms with van der Waals surface area (Å²) in [6.07, 6.45) is -7.05. The molecule has 1 aromatic heterocycles. The lowest BCUT2D eigenvalue weighted by atomic mass is 10.1. The first-order chi connectivity index (χ1) is 16.5. The minimum absolute atomic E-state index is 0.0373. The number of rotatable bonds is 10. The zero-order valence-corrected chi connectivity index (χ0v) is 19.0. The Bertz CT molecular complexity index is 1120. The van der Waals surface area contributed by atoms with Gasteiger partial charge in [-0.15, -0.1) is 11.3 Å². The number of nitrogens with two attached hydrogens (primary N) is 1. The third kappa shape index (κ3) is 7.33. The lowest BCUT2D eigenvalue weighted by Crippen LogP contribution is -2.13. The van der Waals surface area contributed by atoms with E-state index >= 15 is 0 Å². The van der Waals surface area contributed by atoms with Crippen molar-refractivity contribution >= 4 is 11.3 Å². The number of aromatic nitrogens is 1. The Labute approximate surface area is 201 Å². The van der Waals surface area contributed by atoms with Crippen molar-refractivity contribution in [3.63, 3.8) is 0 Å². The van der Waals surface area contributed by atoms with E-state index in [0.717, 1.165) is 29.5 Å². The molecular formula is C23H22F6N2O3S. The lowest BCUT2D eigenvalue weighted by Gasteiger charge is -2.15. The van der Waals surface area contributed by atoms with Gasteiger partial charge in [-0.05, 0) is 54.8 Å². The van der Waals surface area contributed by atoms with Crippen LogP contribution in [-0.2, 0) is 12.4 Å². The van der Waals surface area contributed by atoms with Crippen LogP contribution in [-0.4, -0.2) is 29.9 Å². The monoisotopic (exact) mass is 520 g/mol. The molecule has 5 nitrogen and oxygen atoms in total. The maximum absolute atomic E-state index is 13.6. The first-order valence-electron chi connectivity index (χ1n) is 10.5. The van der Waals surface area contributed by atoms with E-state index in [4.69, 9.17) is 20.3 Å². The van der Waals surface area contributed by atoms with Crippen molar-refractivity contribution in [2.75, 3.05) is 19.8 Å². The summed E-state index contributed by atoms with van der Waals surface area (Å²) in [6.45, 7) is -0.289. The van der Waals surface area contributed by atoms with E-state index in [1.54, 1.807) is 0 Å². The van der Waals surface area contributed by atoms with Gasteiger partial charge in [-0.1, -0.05) is 6.07 Å². The van der Waals surface area contributed by atoms with Crippen molar-refractivity contribution in [2.24, 2.45) is 5.73 Å². The highest BCUT2D eigenvalue weighted by Gasteiger charge is 2.35. The third-order valence-electron chi connectivity index (χ3n) is 4.83. The molecule has 0 bridgehead atoms. The number of nitrogens with zero attached hydrogens (tertiary/aromatic N) is 1. The van der Waals surface area contributed by atoms with Gasteiger partial charge >= 0.3 is 12.4 Å². The number of aliphatic hydroxyl groups excluding tert-OH is 1. The van der Waals surface area contributed by atoms with Crippen LogP contribution in [0.2, 0.25) is 0 Å². The van der Waals surface area contributed by atoms with Gasteiger partial charge in [0.05, 0.1) is 41.9 Å². The van der Waals surface area contributed by atoms with Crippen LogP contribution in [0.1, 0.15) is 35.0 Å². The molecule has 1 unspecified atom stereocenters. The Hall–Kier alpha value is -2.83. The number of aliphatic hydroxyl groups is 1. The molecule has 0 radical (unpaired) electrons. The highest BCUT2D eigenvalue weighted by atomic mass is 32.1. The summed E-state index contributed by atoms with van der Waals surface area (Å²) in [5, 5.41) is 9.52. The molecule has 0 saturated carbocycles. The SMILES string of the molecule is NC(CO)c1ncc(-c2ccc(OCCCCOc3cccc(C(F)(F)F)c3)c(C(F)(F)F)c2)s1. The van der Waals surface area contributed by atoms with E-state index in [-0.39, 0.29) is 36.9 Å². The summed E-state index contributed by atoms with van der Waals surface area (Å²) < 4.78 is 89.7. The molecule has 0 saturated heterocycles.